The first-order valence-electron chi connectivity index (χ1n) is 13.0. The molecule has 0 spiro atoms. The molecule has 3 aromatic rings. The summed E-state index contributed by atoms with van der Waals surface area (Å²) in [5, 5.41) is 0. The summed E-state index contributed by atoms with van der Waals surface area (Å²) >= 11 is 0. The lowest BCUT2D eigenvalue weighted by Crippen LogP contribution is -2.16. The molecule has 206 valence electrons. The molecule has 0 saturated heterocycles. The first-order chi connectivity index (χ1) is 18.9. The van der Waals surface area contributed by atoms with Crippen molar-refractivity contribution in [3.8, 4) is 33.8 Å². The normalized spacial score (nSPS) is 13.9. The summed E-state index contributed by atoms with van der Waals surface area (Å²) in [5.41, 5.74) is 4.73. The Kier molecular flexibility index (Phi) is 8.33. The number of fused-ring (bicyclic) bond motifs is 1. The Labute approximate surface area is 233 Å². The molecule has 0 saturated carbocycles. The van der Waals surface area contributed by atoms with E-state index in [1.165, 1.54) is 25.1 Å². The van der Waals surface area contributed by atoms with Gasteiger partial charge in [0.05, 0.1) is 5.92 Å². The molecule has 0 fully saturated rings. The van der Waals surface area contributed by atoms with Gasteiger partial charge in [0.1, 0.15) is 11.9 Å². The van der Waals surface area contributed by atoms with Crippen LogP contribution in [0.5, 0.6) is 11.5 Å². The van der Waals surface area contributed by atoms with Gasteiger partial charge in [0.15, 0.2) is 11.5 Å². The summed E-state index contributed by atoms with van der Waals surface area (Å²) in [6.07, 6.45) is 1.05. The first-order valence-corrected chi connectivity index (χ1v) is 13.0. The van der Waals surface area contributed by atoms with Crippen molar-refractivity contribution in [2.75, 3.05) is 0 Å². The highest BCUT2D eigenvalue weighted by atomic mass is 19.1. The van der Waals surface area contributed by atoms with Crippen LogP contribution in [-0.2, 0) is 25.5 Å². The lowest BCUT2D eigenvalue weighted by atomic mass is 9.97. The Morgan fingerprint density at radius 3 is 2.12 bits per heavy atom. The number of halogens is 1. The summed E-state index contributed by atoms with van der Waals surface area (Å²) in [6, 6.07) is 15.2. The summed E-state index contributed by atoms with van der Waals surface area (Å²) < 4.78 is 31.8. The molecule has 40 heavy (non-hydrogen) atoms. The van der Waals surface area contributed by atoms with E-state index in [9.17, 15) is 14.4 Å². The quantitative estimate of drug-likeness (QED) is 0.169. The summed E-state index contributed by atoms with van der Waals surface area (Å²) in [5.74, 6) is -2.30. The number of aryl methyl sites for hydroxylation is 1. The molecule has 0 radical (unpaired) electrons. The molecule has 0 heterocycles. The predicted molar refractivity (Wildman–Crippen MR) is 150 cm³/mol. The van der Waals surface area contributed by atoms with Gasteiger partial charge in [-0.05, 0) is 72.7 Å². The summed E-state index contributed by atoms with van der Waals surface area (Å²) in [4.78, 5) is 36.3. The monoisotopic (exact) mass is 542 g/mol. The van der Waals surface area contributed by atoms with E-state index in [0.29, 0.717) is 34.2 Å². The third-order valence-electron chi connectivity index (χ3n) is 6.55. The maximum absolute atomic E-state index is 15.4. The molecule has 4 rings (SSSR count). The molecule has 0 aliphatic heterocycles. The van der Waals surface area contributed by atoms with Crippen LogP contribution >= 0.6 is 0 Å². The SMILES string of the molecule is C=C(C)C(=O)Oc1ccc(-c2ccc(-c3ccc4c(c3)CCC4OC(=O)C(=C)C)c(F)c2)cc1OC(=O)C(C)C. The van der Waals surface area contributed by atoms with E-state index in [0.717, 1.165) is 17.5 Å². The third kappa shape index (κ3) is 6.20. The lowest BCUT2D eigenvalue weighted by Gasteiger charge is -2.15. The van der Waals surface area contributed by atoms with E-state index in [2.05, 4.69) is 13.2 Å². The van der Waals surface area contributed by atoms with E-state index in [4.69, 9.17) is 14.2 Å². The standard InChI is InChI=1S/C33H31FO6/c1-18(2)31(35)38-28-13-10-24-15-23(8-12-26(24)28)25-11-7-21(16-27(25)34)22-9-14-29(39-32(36)19(3)4)30(17-22)40-33(37)20(5)6/h7-9,11-12,14-17,20,28H,1,3,10,13H2,2,4-6H3. The van der Waals surface area contributed by atoms with Crippen molar-refractivity contribution in [1.82, 2.24) is 0 Å². The molecule has 0 amide bonds. The Morgan fingerprint density at radius 1 is 0.825 bits per heavy atom. The number of carbonyl (C=O) groups is 3. The van der Waals surface area contributed by atoms with Gasteiger partial charge in [0.25, 0.3) is 0 Å². The number of benzene rings is 3. The molecule has 6 nitrogen and oxygen atoms in total. The highest BCUT2D eigenvalue weighted by Gasteiger charge is 2.27. The van der Waals surface area contributed by atoms with Gasteiger partial charge in [-0.2, -0.15) is 0 Å². The maximum Gasteiger partial charge on any atom is 0.338 e. The van der Waals surface area contributed by atoms with E-state index >= 15 is 4.39 Å². The van der Waals surface area contributed by atoms with Gasteiger partial charge in [0, 0.05) is 16.7 Å². The molecule has 7 heteroatoms. The fourth-order valence-corrected chi connectivity index (χ4v) is 4.29. The number of rotatable bonds is 8. The second-order valence-corrected chi connectivity index (χ2v) is 10.2. The van der Waals surface area contributed by atoms with Crippen LogP contribution in [0.15, 0.2) is 78.9 Å². The zero-order chi connectivity index (χ0) is 29.1. The van der Waals surface area contributed by atoms with Crippen LogP contribution in [-0.4, -0.2) is 17.9 Å². The molecule has 0 N–H and O–H groups in total. The zero-order valence-electron chi connectivity index (χ0n) is 23.0. The number of ether oxygens (including phenoxy) is 3. The van der Waals surface area contributed by atoms with Gasteiger partial charge in [0.2, 0.25) is 0 Å². The average Bonchev–Trinajstić information content (AvgIpc) is 3.30. The van der Waals surface area contributed by atoms with Gasteiger partial charge < -0.3 is 14.2 Å². The third-order valence-corrected chi connectivity index (χ3v) is 6.55. The number of hydrogen-bond acceptors (Lipinski definition) is 6. The van der Waals surface area contributed by atoms with Crippen molar-refractivity contribution in [2.24, 2.45) is 5.92 Å². The maximum atomic E-state index is 15.4. The minimum Gasteiger partial charge on any atom is -0.454 e. The highest BCUT2D eigenvalue weighted by molar-refractivity contribution is 5.90. The Balaban J connectivity index is 1.62. The minimum absolute atomic E-state index is 0.0517. The molecule has 1 unspecified atom stereocenters. The van der Waals surface area contributed by atoms with Crippen molar-refractivity contribution in [2.45, 2.75) is 46.6 Å². The number of hydrogen-bond donors (Lipinski definition) is 0. The van der Waals surface area contributed by atoms with Crippen molar-refractivity contribution >= 4 is 17.9 Å². The molecule has 0 bridgehead atoms. The van der Waals surface area contributed by atoms with Crippen molar-refractivity contribution in [3.05, 3.63) is 95.8 Å². The molecule has 3 aromatic carbocycles. The average molecular weight is 543 g/mol. The predicted octanol–water partition coefficient (Wildman–Crippen LogP) is 7.31. The molecule has 1 atom stereocenters. The topological polar surface area (TPSA) is 78.9 Å². The van der Waals surface area contributed by atoms with E-state index < -0.39 is 29.6 Å². The Morgan fingerprint density at radius 2 is 1.48 bits per heavy atom. The van der Waals surface area contributed by atoms with E-state index in [-0.39, 0.29) is 23.2 Å². The second kappa shape index (κ2) is 11.7. The van der Waals surface area contributed by atoms with Crippen LogP contribution in [0.4, 0.5) is 4.39 Å². The smallest absolute Gasteiger partial charge is 0.338 e. The number of carbonyl (C=O) groups excluding carboxylic acids is 3. The van der Waals surface area contributed by atoms with E-state index in [1.807, 2.05) is 18.2 Å². The molecule has 1 aliphatic carbocycles. The van der Waals surface area contributed by atoms with Crippen LogP contribution in [0.2, 0.25) is 0 Å². The van der Waals surface area contributed by atoms with Gasteiger partial charge in [-0.3, -0.25) is 4.79 Å². The molecular formula is C33H31FO6. The van der Waals surface area contributed by atoms with Crippen molar-refractivity contribution < 1.29 is 33.0 Å². The fraction of sp³-hybridized carbons (Fsp3) is 0.242. The molecular weight excluding hydrogens is 511 g/mol. The van der Waals surface area contributed by atoms with Crippen molar-refractivity contribution in [3.63, 3.8) is 0 Å². The van der Waals surface area contributed by atoms with Crippen LogP contribution < -0.4 is 9.47 Å². The molecule has 1 aliphatic rings. The van der Waals surface area contributed by atoms with Crippen LogP contribution in [0.25, 0.3) is 22.3 Å². The Bertz CT molecular complexity index is 1530. The Hall–Kier alpha value is -4.52. The van der Waals surface area contributed by atoms with Gasteiger partial charge in [-0.25, -0.2) is 14.0 Å². The largest absolute Gasteiger partial charge is 0.454 e. The van der Waals surface area contributed by atoms with Gasteiger partial charge in [-0.1, -0.05) is 63.4 Å². The lowest BCUT2D eigenvalue weighted by molar-refractivity contribution is -0.144. The first kappa shape index (κ1) is 28.5. The zero-order valence-corrected chi connectivity index (χ0v) is 23.0. The summed E-state index contributed by atoms with van der Waals surface area (Å²) in [7, 11) is 0. The minimum atomic E-state index is -0.653. The molecule has 0 aromatic heterocycles. The summed E-state index contributed by atoms with van der Waals surface area (Å²) in [6.45, 7) is 13.7. The fourth-order valence-electron chi connectivity index (χ4n) is 4.29. The van der Waals surface area contributed by atoms with Crippen LogP contribution in [0, 0.1) is 11.7 Å². The van der Waals surface area contributed by atoms with Gasteiger partial charge in [-0.15, -0.1) is 0 Å². The van der Waals surface area contributed by atoms with Crippen molar-refractivity contribution in [1.29, 1.82) is 0 Å². The van der Waals surface area contributed by atoms with E-state index in [1.54, 1.807) is 39.0 Å². The van der Waals surface area contributed by atoms with Crippen LogP contribution in [0.3, 0.4) is 0 Å². The van der Waals surface area contributed by atoms with Gasteiger partial charge >= 0.3 is 17.9 Å². The second-order valence-electron chi connectivity index (χ2n) is 10.2. The number of esters is 3. The highest BCUT2D eigenvalue weighted by Crippen LogP contribution is 2.39. The van der Waals surface area contributed by atoms with Crippen LogP contribution in [0.1, 0.15) is 51.3 Å².